The molecule has 0 aliphatic carbocycles. The zero-order chi connectivity index (χ0) is 44.4. The molecule has 0 aliphatic heterocycles. The van der Waals surface area contributed by atoms with Crippen LogP contribution < -0.4 is 0 Å². The number of hydrogen-bond donors (Lipinski definition) is 0. The SMILES string of the molecule is CC/C=C\C/C=C\C/C=C\CCCCCCCC(=O)OC[C@@H](COC(=O)CCCCCCC/C=C\CCCCCCCC)OC(=O)CCCCCCCCCCCCCCC. The molecular formula is C55H98O6. The van der Waals surface area contributed by atoms with Crippen molar-refractivity contribution < 1.29 is 28.6 Å². The average Bonchev–Trinajstić information content (AvgIpc) is 3.26. The van der Waals surface area contributed by atoms with Gasteiger partial charge in [-0.25, -0.2) is 0 Å². The average molecular weight is 855 g/mol. The van der Waals surface area contributed by atoms with Gasteiger partial charge in [-0.1, -0.05) is 217 Å². The first kappa shape index (κ1) is 58.4. The van der Waals surface area contributed by atoms with Crippen molar-refractivity contribution in [3.8, 4) is 0 Å². The van der Waals surface area contributed by atoms with Gasteiger partial charge in [-0.3, -0.25) is 14.4 Å². The number of hydrogen-bond acceptors (Lipinski definition) is 6. The van der Waals surface area contributed by atoms with Gasteiger partial charge in [0.1, 0.15) is 13.2 Å². The van der Waals surface area contributed by atoms with Crippen molar-refractivity contribution in [1.29, 1.82) is 0 Å². The normalized spacial score (nSPS) is 12.4. The van der Waals surface area contributed by atoms with Crippen molar-refractivity contribution in [3.63, 3.8) is 0 Å². The minimum absolute atomic E-state index is 0.0808. The number of carbonyl (C=O) groups is 3. The Morgan fingerprint density at radius 2 is 0.639 bits per heavy atom. The lowest BCUT2D eigenvalue weighted by molar-refractivity contribution is -0.167. The summed E-state index contributed by atoms with van der Waals surface area (Å²) in [7, 11) is 0. The van der Waals surface area contributed by atoms with E-state index >= 15 is 0 Å². The molecule has 0 fully saturated rings. The molecular weight excluding hydrogens is 757 g/mol. The summed E-state index contributed by atoms with van der Waals surface area (Å²) in [5, 5.41) is 0. The fourth-order valence-electron chi connectivity index (χ4n) is 7.39. The lowest BCUT2D eigenvalue weighted by Gasteiger charge is -2.18. The molecule has 6 heteroatoms. The van der Waals surface area contributed by atoms with Gasteiger partial charge in [0.25, 0.3) is 0 Å². The van der Waals surface area contributed by atoms with Crippen molar-refractivity contribution >= 4 is 17.9 Å². The molecule has 0 spiro atoms. The second-order valence-electron chi connectivity index (χ2n) is 17.4. The summed E-state index contributed by atoms with van der Waals surface area (Å²) in [6.07, 6.45) is 59.5. The summed E-state index contributed by atoms with van der Waals surface area (Å²) < 4.78 is 16.8. The molecule has 1 atom stereocenters. The number of ether oxygens (including phenoxy) is 3. The quantitative estimate of drug-likeness (QED) is 0.0263. The lowest BCUT2D eigenvalue weighted by atomic mass is 10.0. The van der Waals surface area contributed by atoms with E-state index in [1.807, 2.05) is 0 Å². The van der Waals surface area contributed by atoms with Crippen molar-refractivity contribution in [3.05, 3.63) is 48.6 Å². The zero-order valence-corrected chi connectivity index (χ0v) is 40.4. The monoisotopic (exact) mass is 855 g/mol. The van der Waals surface area contributed by atoms with Crippen LogP contribution in [0.2, 0.25) is 0 Å². The molecule has 0 saturated carbocycles. The van der Waals surface area contributed by atoms with Crippen molar-refractivity contribution in [2.24, 2.45) is 0 Å². The van der Waals surface area contributed by atoms with E-state index in [1.54, 1.807) is 0 Å². The molecule has 0 radical (unpaired) electrons. The zero-order valence-electron chi connectivity index (χ0n) is 40.4. The van der Waals surface area contributed by atoms with Crippen LogP contribution in [0.25, 0.3) is 0 Å². The summed E-state index contributed by atoms with van der Waals surface area (Å²) in [6.45, 7) is 6.51. The van der Waals surface area contributed by atoms with Crippen LogP contribution in [-0.4, -0.2) is 37.2 Å². The highest BCUT2D eigenvalue weighted by atomic mass is 16.6. The van der Waals surface area contributed by atoms with Crippen molar-refractivity contribution in [2.45, 2.75) is 271 Å². The maximum atomic E-state index is 12.8. The fraction of sp³-hybridized carbons (Fsp3) is 0.800. The molecule has 0 aromatic heterocycles. The molecule has 0 rings (SSSR count). The molecule has 61 heavy (non-hydrogen) atoms. The van der Waals surface area contributed by atoms with Gasteiger partial charge in [0.15, 0.2) is 6.10 Å². The Bertz CT molecular complexity index is 1070. The van der Waals surface area contributed by atoms with Gasteiger partial charge < -0.3 is 14.2 Å². The summed E-state index contributed by atoms with van der Waals surface area (Å²) in [4.78, 5) is 38.0. The minimum atomic E-state index is -0.780. The summed E-state index contributed by atoms with van der Waals surface area (Å²) in [5.41, 5.74) is 0. The van der Waals surface area contributed by atoms with Gasteiger partial charge in [-0.2, -0.15) is 0 Å². The Balaban J connectivity index is 4.39. The predicted octanol–water partition coefficient (Wildman–Crippen LogP) is 17.1. The Kier molecular flexibility index (Phi) is 47.9. The summed E-state index contributed by atoms with van der Waals surface area (Å²) in [5.74, 6) is -0.897. The van der Waals surface area contributed by atoms with E-state index in [0.29, 0.717) is 19.3 Å². The van der Waals surface area contributed by atoms with E-state index < -0.39 is 6.10 Å². The van der Waals surface area contributed by atoms with Crippen LogP contribution in [-0.2, 0) is 28.6 Å². The van der Waals surface area contributed by atoms with Gasteiger partial charge in [-0.15, -0.1) is 0 Å². The minimum Gasteiger partial charge on any atom is -0.462 e. The third-order valence-corrected chi connectivity index (χ3v) is 11.3. The molecule has 6 nitrogen and oxygen atoms in total. The van der Waals surface area contributed by atoms with Gasteiger partial charge >= 0.3 is 17.9 Å². The lowest BCUT2D eigenvalue weighted by Crippen LogP contribution is -2.30. The Labute approximate surface area is 378 Å². The highest BCUT2D eigenvalue weighted by Gasteiger charge is 2.19. The molecule has 0 aromatic carbocycles. The fourth-order valence-corrected chi connectivity index (χ4v) is 7.39. The second kappa shape index (κ2) is 50.0. The van der Waals surface area contributed by atoms with Gasteiger partial charge in [-0.05, 0) is 77.0 Å². The topological polar surface area (TPSA) is 78.9 Å². The molecule has 0 bridgehead atoms. The highest BCUT2D eigenvalue weighted by Crippen LogP contribution is 2.15. The third kappa shape index (κ3) is 48.3. The molecule has 0 aromatic rings. The van der Waals surface area contributed by atoms with Gasteiger partial charge in [0.05, 0.1) is 0 Å². The second-order valence-corrected chi connectivity index (χ2v) is 17.4. The van der Waals surface area contributed by atoms with E-state index in [4.69, 9.17) is 14.2 Å². The molecule has 0 amide bonds. The Morgan fingerprint density at radius 1 is 0.344 bits per heavy atom. The molecule has 0 heterocycles. The number of carbonyl (C=O) groups excluding carboxylic acids is 3. The Morgan fingerprint density at radius 3 is 1.02 bits per heavy atom. The standard InChI is InChI=1S/C55H98O6/c1-4-7-10-13-16-19-22-25-27-30-32-35-38-41-44-47-53(56)59-50-52(61-55(58)49-46-43-40-37-34-29-24-21-18-15-12-9-6-3)51-60-54(57)48-45-42-39-36-33-31-28-26-23-20-17-14-11-8-5-2/h7,10,16,19,25-28,52H,4-6,8-9,11-15,17-18,20-24,29-51H2,1-3H3/b10-7-,19-16-,27-25-,28-26-/t52-/m0/s1. The van der Waals surface area contributed by atoms with E-state index in [-0.39, 0.29) is 31.1 Å². The number of rotatable bonds is 47. The van der Waals surface area contributed by atoms with Crippen LogP contribution in [0.5, 0.6) is 0 Å². The summed E-state index contributed by atoms with van der Waals surface area (Å²) >= 11 is 0. The van der Waals surface area contributed by atoms with Gasteiger partial charge in [0, 0.05) is 19.3 Å². The third-order valence-electron chi connectivity index (χ3n) is 11.3. The molecule has 0 aliphatic rings. The van der Waals surface area contributed by atoms with Gasteiger partial charge in [0.2, 0.25) is 0 Å². The number of unbranched alkanes of at least 4 members (excludes halogenated alkanes) is 28. The van der Waals surface area contributed by atoms with Crippen LogP contribution in [0.15, 0.2) is 48.6 Å². The van der Waals surface area contributed by atoms with Crippen LogP contribution in [0.1, 0.15) is 265 Å². The van der Waals surface area contributed by atoms with Crippen LogP contribution in [0.3, 0.4) is 0 Å². The molecule has 0 N–H and O–H groups in total. The predicted molar refractivity (Wildman–Crippen MR) is 261 cm³/mol. The maximum Gasteiger partial charge on any atom is 0.306 e. The van der Waals surface area contributed by atoms with E-state index in [1.165, 1.54) is 122 Å². The van der Waals surface area contributed by atoms with Crippen LogP contribution in [0, 0.1) is 0 Å². The highest BCUT2D eigenvalue weighted by molar-refractivity contribution is 5.71. The molecule has 354 valence electrons. The number of allylic oxidation sites excluding steroid dienone is 8. The largest absolute Gasteiger partial charge is 0.462 e. The van der Waals surface area contributed by atoms with E-state index in [0.717, 1.165) is 103 Å². The first-order valence-corrected chi connectivity index (χ1v) is 26.1. The molecule has 0 saturated heterocycles. The van der Waals surface area contributed by atoms with Crippen molar-refractivity contribution in [2.75, 3.05) is 13.2 Å². The maximum absolute atomic E-state index is 12.8. The van der Waals surface area contributed by atoms with Crippen molar-refractivity contribution in [1.82, 2.24) is 0 Å². The smallest absolute Gasteiger partial charge is 0.306 e. The molecule has 0 unspecified atom stereocenters. The number of esters is 3. The van der Waals surface area contributed by atoms with Crippen LogP contribution in [0.4, 0.5) is 0 Å². The van der Waals surface area contributed by atoms with E-state index in [2.05, 4.69) is 69.4 Å². The summed E-state index contributed by atoms with van der Waals surface area (Å²) in [6, 6.07) is 0. The van der Waals surface area contributed by atoms with Crippen LogP contribution >= 0.6 is 0 Å². The first-order chi connectivity index (χ1) is 30.0. The Hall–Kier alpha value is -2.63. The van der Waals surface area contributed by atoms with E-state index in [9.17, 15) is 14.4 Å². The first-order valence-electron chi connectivity index (χ1n) is 26.1.